The van der Waals surface area contributed by atoms with Gasteiger partial charge >= 0.3 is 0 Å². The summed E-state index contributed by atoms with van der Waals surface area (Å²) in [5, 5.41) is 9.91. The van der Waals surface area contributed by atoms with E-state index in [0.29, 0.717) is 18.0 Å². The fourth-order valence-corrected chi connectivity index (χ4v) is 3.06. The van der Waals surface area contributed by atoms with Crippen LogP contribution in [0.4, 0.5) is 5.82 Å². The second kappa shape index (κ2) is 7.66. The van der Waals surface area contributed by atoms with Gasteiger partial charge in [0.05, 0.1) is 12.6 Å². The largest absolute Gasteiger partial charge is 0.394 e. The van der Waals surface area contributed by atoms with Crippen molar-refractivity contribution in [1.29, 1.82) is 0 Å². The molecule has 1 aromatic heterocycles. The maximum atomic E-state index is 13.2. The van der Waals surface area contributed by atoms with Crippen LogP contribution in [0.2, 0.25) is 0 Å². The molecule has 1 aliphatic carbocycles. The summed E-state index contributed by atoms with van der Waals surface area (Å²) in [5.74, 6) is 1.09. The van der Waals surface area contributed by atoms with Crippen LogP contribution in [-0.2, 0) is 6.54 Å². The molecule has 0 bridgehead atoms. The second-order valence-corrected chi connectivity index (χ2v) is 6.80. The number of nitrogens with zero attached hydrogens (tertiary/aromatic N) is 3. The summed E-state index contributed by atoms with van der Waals surface area (Å²) < 4.78 is 0. The van der Waals surface area contributed by atoms with Gasteiger partial charge in [-0.05, 0) is 36.5 Å². The van der Waals surface area contributed by atoms with Crippen molar-refractivity contribution >= 4 is 11.7 Å². The molecule has 1 aromatic carbocycles. The van der Waals surface area contributed by atoms with Gasteiger partial charge < -0.3 is 14.9 Å². The molecule has 1 aliphatic rings. The fourth-order valence-electron chi connectivity index (χ4n) is 3.06. The first-order valence-electron chi connectivity index (χ1n) is 8.69. The summed E-state index contributed by atoms with van der Waals surface area (Å²) in [6, 6.07) is 13.4. The number of aromatic nitrogens is 1. The molecule has 2 aromatic rings. The molecule has 1 unspecified atom stereocenters. The van der Waals surface area contributed by atoms with Crippen LogP contribution in [0, 0.1) is 5.92 Å². The average Bonchev–Trinajstić information content (AvgIpc) is 3.47. The van der Waals surface area contributed by atoms with Crippen molar-refractivity contribution in [3.63, 3.8) is 0 Å². The molecule has 1 heterocycles. The van der Waals surface area contributed by atoms with E-state index < -0.39 is 0 Å². The van der Waals surface area contributed by atoms with E-state index in [9.17, 15) is 9.90 Å². The molecular formula is C20H25N3O2. The van der Waals surface area contributed by atoms with Crippen LogP contribution in [0.5, 0.6) is 0 Å². The molecule has 1 fully saturated rings. The average molecular weight is 339 g/mol. The Morgan fingerprint density at radius 3 is 2.56 bits per heavy atom. The normalized spacial score (nSPS) is 14.8. The summed E-state index contributed by atoms with van der Waals surface area (Å²) in [4.78, 5) is 21.2. The number of benzene rings is 1. The van der Waals surface area contributed by atoms with Gasteiger partial charge in [0.15, 0.2) is 0 Å². The maximum Gasteiger partial charge on any atom is 0.254 e. The number of carbonyl (C=O) groups is 1. The van der Waals surface area contributed by atoms with E-state index in [2.05, 4.69) is 4.98 Å². The first kappa shape index (κ1) is 17.4. The highest BCUT2D eigenvalue weighted by Gasteiger charge is 2.37. The van der Waals surface area contributed by atoms with Gasteiger partial charge in [-0.1, -0.05) is 30.3 Å². The Kier molecular flexibility index (Phi) is 5.34. The van der Waals surface area contributed by atoms with E-state index in [-0.39, 0.29) is 18.6 Å². The van der Waals surface area contributed by atoms with Gasteiger partial charge in [-0.15, -0.1) is 0 Å². The van der Waals surface area contributed by atoms with Crippen LogP contribution < -0.4 is 4.90 Å². The lowest BCUT2D eigenvalue weighted by Crippen LogP contribution is -2.43. The number of hydrogen-bond acceptors (Lipinski definition) is 4. The number of pyridine rings is 1. The van der Waals surface area contributed by atoms with Crippen molar-refractivity contribution in [3.05, 3.63) is 59.8 Å². The van der Waals surface area contributed by atoms with Crippen molar-refractivity contribution < 1.29 is 9.90 Å². The molecule has 5 nitrogen and oxygen atoms in total. The van der Waals surface area contributed by atoms with Crippen LogP contribution in [-0.4, -0.2) is 47.6 Å². The first-order valence-corrected chi connectivity index (χ1v) is 8.69. The highest BCUT2D eigenvalue weighted by Crippen LogP contribution is 2.36. The summed E-state index contributed by atoms with van der Waals surface area (Å²) >= 11 is 0. The lowest BCUT2D eigenvalue weighted by molar-refractivity contribution is 0.0531. The Bertz CT molecular complexity index is 714. The maximum absolute atomic E-state index is 13.2. The predicted octanol–water partition coefficient (Wildman–Crippen LogP) is 2.56. The molecule has 0 radical (unpaired) electrons. The Morgan fingerprint density at radius 2 is 1.96 bits per heavy atom. The summed E-state index contributed by atoms with van der Waals surface area (Å²) in [6.45, 7) is 0.496. The SMILES string of the molecule is CN(C)c1cc(C(=O)N(Cc2ccccc2)C(CO)C2CC2)ccn1. The molecule has 25 heavy (non-hydrogen) atoms. The molecule has 0 saturated heterocycles. The van der Waals surface area contributed by atoms with E-state index in [4.69, 9.17) is 0 Å². The number of hydrogen-bond donors (Lipinski definition) is 1. The van der Waals surface area contributed by atoms with Gasteiger partial charge in [0.1, 0.15) is 5.82 Å². The van der Waals surface area contributed by atoms with Crippen molar-refractivity contribution in [1.82, 2.24) is 9.88 Å². The van der Waals surface area contributed by atoms with Crippen molar-refractivity contribution in [2.24, 2.45) is 5.92 Å². The number of aliphatic hydroxyl groups is 1. The van der Waals surface area contributed by atoms with Gasteiger partial charge in [0.25, 0.3) is 5.91 Å². The smallest absolute Gasteiger partial charge is 0.254 e. The zero-order valence-corrected chi connectivity index (χ0v) is 14.8. The summed E-state index contributed by atoms with van der Waals surface area (Å²) in [6.07, 6.45) is 3.81. The lowest BCUT2D eigenvalue weighted by atomic mass is 10.1. The monoisotopic (exact) mass is 339 g/mol. The fraction of sp³-hybridized carbons (Fsp3) is 0.400. The van der Waals surface area contributed by atoms with E-state index in [1.165, 1.54) is 0 Å². The molecule has 0 aliphatic heterocycles. The van der Waals surface area contributed by atoms with E-state index in [1.807, 2.05) is 60.3 Å². The van der Waals surface area contributed by atoms with E-state index >= 15 is 0 Å². The molecule has 1 N–H and O–H groups in total. The second-order valence-electron chi connectivity index (χ2n) is 6.80. The van der Waals surface area contributed by atoms with Gasteiger partial charge in [0, 0.05) is 32.4 Å². The van der Waals surface area contributed by atoms with Crippen LogP contribution in [0.15, 0.2) is 48.7 Å². The van der Waals surface area contributed by atoms with Crippen molar-refractivity contribution in [3.8, 4) is 0 Å². The van der Waals surface area contributed by atoms with Gasteiger partial charge in [-0.3, -0.25) is 4.79 Å². The lowest BCUT2D eigenvalue weighted by Gasteiger charge is -2.31. The van der Waals surface area contributed by atoms with Gasteiger partial charge in [-0.2, -0.15) is 0 Å². The number of aliphatic hydroxyl groups excluding tert-OH is 1. The minimum atomic E-state index is -0.135. The Balaban J connectivity index is 1.90. The molecule has 3 rings (SSSR count). The van der Waals surface area contributed by atoms with Gasteiger partial charge in [0.2, 0.25) is 0 Å². The Labute approximate surface area is 148 Å². The summed E-state index contributed by atoms with van der Waals surface area (Å²) in [5.41, 5.74) is 1.67. The third kappa shape index (κ3) is 4.17. The van der Waals surface area contributed by atoms with Crippen LogP contribution in [0.1, 0.15) is 28.8 Å². The topological polar surface area (TPSA) is 56.7 Å². The predicted molar refractivity (Wildman–Crippen MR) is 98.5 cm³/mol. The Hall–Kier alpha value is -2.40. The van der Waals surface area contributed by atoms with E-state index in [1.54, 1.807) is 12.3 Å². The standard InChI is InChI=1S/C20H25N3O2/c1-22(2)19-12-17(10-11-21-19)20(25)23(18(14-24)16-8-9-16)13-15-6-4-3-5-7-15/h3-7,10-12,16,18,24H,8-9,13-14H2,1-2H3. The number of anilines is 1. The first-order chi connectivity index (χ1) is 12.1. The molecule has 1 saturated carbocycles. The Morgan fingerprint density at radius 1 is 1.24 bits per heavy atom. The molecule has 0 spiro atoms. The van der Waals surface area contributed by atoms with Crippen LogP contribution >= 0.6 is 0 Å². The minimum absolute atomic E-state index is 0.00510. The van der Waals surface area contributed by atoms with Crippen LogP contribution in [0.25, 0.3) is 0 Å². The quantitative estimate of drug-likeness (QED) is 0.842. The van der Waals surface area contributed by atoms with Crippen LogP contribution in [0.3, 0.4) is 0 Å². The van der Waals surface area contributed by atoms with Crippen molar-refractivity contribution in [2.45, 2.75) is 25.4 Å². The number of rotatable bonds is 7. The molecule has 132 valence electrons. The van der Waals surface area contributed by atoms with Gasteiger partial charge in [-0.25, -0.2) is 4.98 Å². The minimum Gasteiger partial charge on any atom is -0.394 e. The van der Waals surface area contributed by atoms with E-state index in [0.717, 1.165) is 24.2 Å². The number of carbonyl (C=O) groups excluding carboxylic acids is 1. The highest BCUT2D eigenvalue weighted by molar-refractivity contribution is 5.95. The third-order valence-corrected chi connectivity index (χ3v) is 4.66. The third-order valence-electron chi connectivity index (χ3n) is 4.66. The zero-order chi connectivity index (χ0) is 17.8. The highest BCUT2D eigenvalue weighted by atomic mass is 16.3. The molecule has 1 atom stereocenters. The zero-order valence-electron chi connectivity index (χ0n) is 14.8. The molecule has 5 heteroatoms. The molecular weight excluding hydrogens is 314 g/mol. The number of amides is 1. The van der Waals surface area contributed by atoms with Crippen molar-refractivity contribution in [2.75, 3.05) is 25.6 Å². The molecule has 1 amide bonds. The summed E-state index contributed by atoms with van der Waals surface area (Å²) in [7, 11) is 3.80.